The van der Waals surface area contributed by atoms with Crippen LogP contribution in [0.25, 0.3) is 0 Å². The van der Waals surface area contributed by atoms with Gasteiger partial charge in [-0.25, -0.2) is 4.39 Å². The lowest BCUT2D eigenvalue weighted by Gasteiger charge is -2.16. The summed E-state index contributed by atoms with van der Waals surface area (Å²) in [7, 11) is 3.33. The van der Waals surface area contributed by atoms with Gasteiger partial charge in [0.15, 0.2) is 11.6 Å². The van der Waals surface area contributed by atoms with Gasteiger partial charge in [0, 0.05) is 4.88 Å². The fourth-order valence-corrected chi connectivity index (χ4v) is 3.31. The molecule has 0 aliphatic carbocycles. The van der Waals surface area contributed by atoms with Gasteiger partial charge in [0.05, 0.1) is 17.5 Å². The summed E-state index contributed by atoms with van der Waals surface area (Å²) in [6, 6.07) is 6.90. The molecule has 0 aliphatic heterocycles. The Morgan fingerprint density at radius 3 is 2.63 bits per heavy atom. The first kappa shape index (κ1) is 14.3. The lowest BCUT2D eigenvalue weighted by Crippen LogP contribution is -2.16. The number of methoxy groups -OCH3 is 1. The lowest BCUT2D eigenvalue weighted by atomic mass is 10.0. The number of halogens is 2. The van der Waals surface area contributed by atoms with Gasteiger partial charge in [-0.3, -0.25) is 0 Å². The second kappa shape index (κ2) is 5.90. The van der Waals surface area contributed by atoms with Gasteiger partial charge in [0.1, 0.15) is 0 Å². The molecule has 5 heteroatoms. The molecule has 1 atom stereocenters. The Kier molecular flexibility index (Phi) is 4.45. The van der Waals surface area contributed by atoms with Crippen molar-refractivity contribution in [3.8, 4) is 5.75 Å². The summed E-state index contributed by atoms with van der Waals surface area (Å²) in [6.07, 6.45) is 0. The second-order valence-corrected chi connectivity index (χ2v) is 5.91. The molecule has 0 amide bonds. The van der Waals surface area contributed by atoms with Gasteiger partial charge in [-0.15, -0.1) is 11.3 Å². The molecule has 1 N–H and O–H groups in total. The van der Waals surface area contributed by atoms with E-state index in [9.17, 15) is 4.39 Å². The zero-order valence-corrected chi connectivity index (χ0v) is 12.5. The Morgan fingerprint density at radius 1 is 1.37 bits per heavy atom. The van der Waals surface area contributed by atoms with Crippen molar-refractivity contribution in [2.75, 3.05) is 14.2 Å². The Hall–Kier alpha value is -1.10. The molecule has 2 rings (SSSR count). The fourth-order valence-electron chi connectivity index (χ4n) is 1.95. The smallest absolute Gasteiger partial charge is 0.165 e. The van der Waals surface area contributed by atoms with Crippen LogP contribution in [0.1, 0.15) is 22.0 Å². The quantitative estimate of drug-likeness (QED) is 0.915. The summed E-state index contributed by atoms with van der Waals surface area (Å²) in [6.45, 7) is 1.97. The van der Waals surface area contributed by atoms with Crippen LogP contribution >= 0.6 is 22.9 Å². The molecule has 2 aromatic rings. The highest BCUT2D eigenvalue weighted by Crippen LogP contribution is 2.35. The van der Waals surface area contributed by atoms with Gasteiger partial charge >= 0.3 is 0 Å². The summed E-state index contributed by atoms with van der Waals surface area (Å²) in [4.78, 5) is 1.10. The van der Waals surface area contributed by atoms with Crippen LogP contribution in [0.3, 0.4) is 0 Å². The van der Waals surface area contributed by atoms with Crippen LogP contribution in [0.4, 0.5) is 4.39 Å². The van der Waals surface area contributed by atoms with E-state index in [0.717, 1.165) is 20.3 Å². The van der Waals surface area contributed by atoms with E-state index >= 15 is 0 Å². The monoisotopic (exact) mass is 299 g/mol. The predicted molar refractivity (Wildman–Crippen MR) is 77.9 cm³/mol. The van der Waals surface area contributed by atoms with E-state index in [4.69, 9.17) is 16.3 Å². The fraction of sp³-hybridized carbons (Fsp3) is 0.286. The third-order valence-electron chi connectivity index (χ3n) is 2.96. The minimum Gasteiger partial charge on any atom is -0.494 e. The van der Waals surface area contributed by atoms with Crippen molar-refractivity contribution in [3.63, 3.8) is 0 Å². The number of ether oxygens (including phenoxy) is 1. The maximum atomic E-state index is 13.4. The summed E-state index contributed by atoms with van der Waals surface area (Å²) >= 11 is 7.64. The highest BCUT2D eigenvalue weighted by atomic mass is 35.5. The van der Waals surface area contributed by atoms with E-state index < -0.39 is 0 Å². The predicted octanol–water partition coefficient (Wildman–Crippen LogP) is 4.17. The van der Waals surface area contributed by atoms with Gasteiger partial charge in [-0.2, -0.15) is 0 Å². The number of hydrogen-bond donors (Lipinski definition) is 1. The third-order valence-corrected chi connectivity index (χ3v) is 4.58. The van der Waals surface area contributed by atoms with Crippen LogP contribution in [-0.2, 0) is 0 Å². The average molecular weight is 300 g/mol. The van der Waals surface area contributed by atoms with Gasteiger partial charge in [-0.1, -0.05) is 17.7 Å². The van der Waals surface area contributed by atoms with Gasteiger partial charge in [0.25, 0.3) is 0 Å². The minimum absolute atomic E-state index is 0.0225. The SMILES string of the molecule is CNC(c1ccc(F)c(OC)c1)c1cc(C)c(Cl)s1. The van der Waals surface area contributed by atoms with Crippen molar-refractivity contribution in [1.29, 1.82) is 0 Å². The van der Waals surface area contributed by atoms with Crippen molar-refractivity contribution < 1.29 is 9.13 Å². The molecule has 0 fully saturated rings. The van der Waals surface area contributed by atoms with E-state index in [2.05, 4.69) is 5.32 Å². The molecule has 19 heavy (non-hydrogen) atoms. The number of rotatable bonds is 4. The highest BCUT2D eigenvalue weighted by Gasteiger charge is 2.17. The second-order valence-electron chi connectivity index (χ2n) is 4.22. The van der Waals surface area contributed by atoms with Crippen LogP contribution in [0.5, 0.6) is 5.75 Å². The molecular formula is C14H15ClFNOS. The molecule has 0 radical (unpaired) electrons. The Bertz CT molecular complexity index is 565. The molecule has 102 valence electrons. The van der Waals surface area contributed by atoms with E-state index in [1.54, 1.807) is 12.1 Å². The molecule has 0 spiro atoms. The summed E-state index contributed by atoms with van der Waals surface area (Å²) < 4.78 is 19.2. The number of thiophene rings is 1. The molecule has 1 heterocycles. The zero-order chi connectivity index (χ0) is 14.0. The standard InChI is InChI=1S/C14H15ClFNOS/c1-8-6-12(19-14(8)15)13(17-2)9-4-5-10(16)11(7-9)18-3/h4-7,13,17H,1-3H3. The molecule has 2 nitrogen and oxygen atoms in total. The molecule has 0 bridgehead atoms. The molecule has 1 unspecified atom stereocenters. The van der Waals surface area contributed by atoms with Crippen molar-refractivity contribution in [1.82, 2.24) is 5.32 Å². The molecule has 0 saturated heterocycles. The molecular weight excluding hydrogens is 285 g/mol. The van der Waals surface area contributed by atoms with Crippen LogP contribution in [0.2, 0.25) is 4.34 Å². The zero-order valence-electron chi connectivity index (χ0n) is 11.0. The topological polar surface area (TPSA) is 21.3 Å². The summed E-state index contributed by atoms with van der Waals surface area (Å²) in [5, 5.41) is 3.22. The Labute approximate surface area is 121 Å². The highest BCUT2D eigenvalue weighted by molar-refractivity contribution is 7.16. The van der Waals surface area contributed by atoms with Crippen LogP contribution in [-0.4, -0.2) is 14.2 Å². The maximum Gasteiger partial charge on any atom is 0.165 e. The van der Waals surface area contributed by atoms with E-state index in [1.807, 2.05) is 20.0 Å². The molecule has 0 saturated carbocycles. The average Bonchev–Trinajstić information content (AvgIpc) is 2.72. The summed E-state index contributed by atoms with van der Waals surface area (Å²) in [5.74, 6) is -0.112. The van der Waals surface area contributed by atoms with Gasteiger partial charge in [0.2, 0.25) is 0 Å². The first-order valence-corrected chi connectivity index (χ1v) is 7.02. The largest absolute Gasteiger partial charge is 0.494 e. The molecule has 1 aromatic heterocycles. The van der Waals surface area contributed by atoms with E-state index in [1.165, 1.54) is 24.5 Å². The van der Waals surface area contributed by atoms with E-state index in [0.29, 0.717) is 0 Å². The normalized spacial score (nSPS) is 12.5. The van der Waals surface area contributed by atoms with Gasteiger partial charge in [-0.05, 0) is 43.3 Å². The summed E-state index contributed by atoms with van der Waals surface area (Å²) in [5.41, 5.74) is 2.00. The van der Waals surface area contributed by atoms with Crippen molar-refractivity contribution in [2.24, 2.45) is 0 Å². The first-order chi connectivity index (χ1) is 9.06. The minimum atomic E-state index is -0.360. The lowest BCUT2D eigenvalue weighted by molar-refractivity contribution is 0.385. The van der Waals surface area contributed by atoms with Crippen molar-refractivity contribution in [3.05, 3.63) is 50.4 Å². The maximum absolute atomic E-state index is 13.4. The van der Waals surface area contributed by atoms with Crippen molar-refractivity contribution >= 4 is 22.9 Å². The van der Waals surface area contributed by atoms with E-state index in [-0.39, 0.29) is 17.6 Å². The number of nitrogens with one attached hydrogen (secondary N) is 1. The molecule has 0 aliphatic rings. The third kappa shape index (κ3) is 2.91. The van der Waals surface area contributed by atoms with Crippen molar-refractivity contribution in [2.45, 2.75) is 13.0 Å². The first-order valence-electron chi connectivity index (χ1n) is 5.83. The Balaban J connectivity index is 2.41. The number of hydrogen-bond acceptors (Lipinski definition) is 3. The number of benzene rings is 1. The van der Waals surface area contributed by atoms with Gasteiger partial charge < -0.3 is 10.1 Å². The van der Waals surface area contributed by atoms with Crippen LogP contribution in [0.15, 0.2) is 24.3 Å². The Morgan fingerprint density at radius 2 is 2.11 bits per heavy atom. The number of aryl methyl sites for hydroxylation is 1. The van der Waals surface area contributed by atoms with Crippen LogP contribution < -0.4 is 10.1 Å². The molecule has 1 aromatic carbocycles. The van der Waals surface area contributed by atoms with Crippen LogP contribution in [0, 0.1) is 12.7 Å².